The Labute approximate surface area is 159 Å². The Balaban J connectivity index is 2.22. The second-order valence-corrected chi connectivity index (χ2v) is 9.48. The number of Topliss-reactive ketones (excluding diaryl/α,β-unsaturated/α-hetero) is 1. The smallest absolute Gasteiger partial charge is 0.175 e. The minimum Gasteiger partial charge on any atom is -0.294 e. The molecular weight excluding hydrogens is 363 g/mol. The predicted molar refractivity (Wildman–Crippen MR) is 105 cm³/mol. The van der Waals surface area contributed by atoms with E-state index in [4.69, 9.17) is 0 Å². The third-order valence-corrected chi connectivity index (χ3v) is 6.32. The quantitative estimate of drug-likeness (QED) is 0.733. The molecule has 0 N–H and O–H groups in total. The van der Waals surface area contributed by atoms with E-state index in [1.54, 1.807) is 36.4 Å². The molecule has 1 aliphatic rings. The van der Waals surface area contributed by atoms with Crippen LogP contribution in [0.3, 0.4) is 0 Å². The molecule has 1 unspecified atom stereocenters. The molecule has 0 fully saturated rings. The van der Waals surface area contributed by atoms with Crippen LogP contribution in [0.2, 0.25) is 0 Å². The van der Waals surface area contributed by atoms with Crippen molar-refractivity contribution in [3.05, 3.63) is 65.5 Å². The van der Waals surface area contributed by atoms with E-state index in [-0.39, 0.29) is 21.9 Å². The third-order valence-electron chi connectivity index (χ3n) is 5.19. The van der Waals surface area contributed by atoms with Crippen molar-refractivity contribution in [3.8, 4) is 0 Å². The Morgan fingerprint density at radius 2 is 1.56 bits per heavy atom. The van der Waals surface area contributed by atoms with Gasteiger partial charge in [-0.25, -0.2) is 12.8 Å². The molecule has 2 aromatic carbocycles. The summed E-state index contributed by atoms with van der Waals surface area (Å²) in [6.45, 7) is 4.15. The molecule has 2 aromatic rings. The summed E-state index contributed by atoms with van der Waals surface area (Å²) in [6, 6.07) is 12.7. The Hall–Kier alpha value is -2.27. The molecular formula is C22H23FO3S. The van der Waals surface area contributed by atoms with Gasteiger partial charge in [-0.1, -0.05) is 44.5 Å². The molecule has 1 aliphatic carbocycles. The lowest BCUT2D eigenvalue weighted by Crippen LogP contribution is -2.16. The van der Waals surface area contributed by atoms with Gasteiger partial charge in [0.2, 0.25) is 0 Å². The maximum atomic E-state index is 13.4. The first-order valence-corrected chi connectivity index (χ1v) is 10.9. The molecule has 0 aliphatic heterocycles. The summed E-state index contributed by atoms with van der Waals surface area (Å²) in [7, 11) is -3.29. The van der Waals surface area contributed by atoms with Crippen molar-refractivity contribution < 1.29 is 17.6 Å². The summed E-state index contributed by atoms with van der Waals surface area (Å²) < 4.78 is 36.9. The van der Waals surface area contributed by atoms with E-state index >= 15 is 0 Å². The SMILES string of the molecule is CCCC1(C)CC(=O)C(c2ccc(F)cc2)=C1c1ccc(S(C)(=O)=O)cc1. The van der Waals surface area contributed by atoms with E-state index in [0.717, 1.165) is 24.0 Å². The molecule has 0 bridgehead atoms. The van der Waals surface area contributed by atoms with Gasteiger partial charge in [-0.2, -0.15) is 0 Å². The molecule has 3 rings (SSSR count). The highest BCUT2D eigenvalue weighted by Gasteiger charge is 2.42. The van der Waals surface area contributed by atoms with Crippen molar-refractivity contribution in [1.82, 2.24) is 0 Å². The predicted octanol–water partition coefficient (Wildman–Crippen LogP) is 4.92. The molecule has 0 saturated carbocycles. The number of halogens is 1. The normalized spacial score (nSPS) is 20.4. The number of rotatable bonds is 5. The number of carbonyl (C=O) groups is 1. The molecule has 0 radical (unpaired) electrons. The van der Waals surface area contributed by atoms with Crippen molar-refractivity contribution in [1.29, 1.82) is 0 Å². The first-order chi connectivity index (χ1) is 12.7. The van der Waals surface area contributed by atoms with Gasteiger partial charge in [-0.05, 0) is 47.4 Å². The Kier molecular flexibility index (Phi) is 5.08. The van der Waals surface area contributed by atoms with Crippen LogP contribution in [0.25, 0.3) is 11.1 Å². The fourth-order valence-corrected chi connectivity index (χ4v) is 4.65. The number of sulfone groups is 1. The van der Waals surface area contributed by atoms with Crippen LogP contribution < -0.4 is 0 Å². The van der Waals surface area contributed by atoms with E-state index in [2.05, 4.69) is 13.8 Å². The van der Waals surface area contributed by atoms with Gasteiger partial charge < -0.3 is 0 Å². The molecule has 0 aromatic heterocycles. The van der Waals surface area contributed by atoms with Gasteiger partial charge in [-0.3, -0.25) is 4.79 Å². The fourth-order valence-electron chi connectivity index (χ4n) is 4.02. The Morgan fingerprint density at radius 3 is 2.07 bits per heavy atom. The van der Waals surface area contributed by atoms with Gasteiger partial charge in [0.1, 0.15) is 5.82 Å². The second-order valence-electron chi connectivity index (χ2n) is 7.46. The molecule has 27 heavy (non-hydrogen) atoms. The highest BCUT2D eigenvalue weighted by Crippen LogP contribution is 2.52. The summed E-state index contributed by atoms with van der Waals surface area (Å²) in [5.74, 6) is -0.306. The van der Waals surface area contributed by atoms with E-state index in [1.807, 2.05) is 0 Å². The number of hydrogen-bond acceptors (Lipinski definition) is 3. The van der Waals surface area contributed by atoms with Crippen LogP contribution in [0, 0.1) is 11.2 Å². The third kappa shape index (κ3) is 3.74. The van der Waals surface area contributed by atoms with Crippen LogP contribution in [-0.4, -0.2) is 20.5 Å². The van der Waals surface area contributed by atoms with Crippen LogP contribution in [0.4, 0.5) is 4.39 Å². The largest absolute Gasteiger partial charge is 0.294 e. The van der Waals surface area contributed by atoms with Gasteiger partial charge in [0.05, 0.1) is 4.90 Å². The average molecular weight is 386 g/mol. The van der Waals surface area contributed by atoms with Crippen molar-refractivity contribution in [2.75, 3.05) is 6.26 Å². The molecule has 3 nitrogen and oxygen atoms in total. The van der Waals surface area contributed by atoms with Gasteiger partial charge in [0.15, 0.2) is 15.6 Å². The zero-order chi connectivity index (χ0) is 19.8. The standard InChI is InChI=1S/C22H23FO3S/c1-4-13-22(2)14-19(24)20(15-5-9-17(23)10-6-15)21(22)16-7-11-18(12-8-16)27(3,25)26/h5-12H,4,13-14H2,1-3H3. The topological polar surface area (TPSA) is 51.2 Å². The number of allylic oxidation sites excluding steroid dienone is 2. The molecule has 0 heterocycles. The van der Waals surface area contributed by atoms with E-state index in [0.29, 0.717) is 17.6 Å². The monoisotopic (exact) mass is 386 g/mol. The van der Waals surface area contributed by atoms with Crippen LogP contribution >= 0.6 is 0 Å². The number of carbonyl (C=O) groups excluding carboxylic acids is 1. The van der Waals surface area contributed by atoms with Crippen molar-refractivity contribution in [3.63, 3.8) is 0 Å². The molecule has 0 amide bonds. The Morgan fingerprint density at radius 1 is 1.00 bits per heavy atom. The average Bonchev–Trinajstić information content (AvgIpc) is 2.85. The lowest BCUT2D eigenvalue weighted by Gasteiger charge is -2.27. The van der Waals surface area contributed by atoms with Crippen LogP contribution in [0.1, 0.15) is 44.2 Å². The zero-order valence-electron chi connectivity index (χ0n) is 15.8. The molecule has 5 heteroatoms. The van der Waals surface area contributed by atoms with E-state index in [1.165, 1.54) is 18.4 Å². The van der Waals surface area contributed by atoms with E-state index in [9.17, 15) is 17.6 Å². The second kappa shape index (κ2) is 7.04. The number of benzene rings is 2. The zero-order valence-corrected chi connectivity index (χ0v) is 16.6. The van der Waals surface area contributed by atoms with Gasteiger partial charge >= 0.3 is 0 Å². The molecule has 0 spiro atoms. The lowest BCUT2D eigenvalue weighted by molar-refractivity contribution is -0.114. The van der Waals surface area contributed by atoms with Crippen molar-refractivity contribution >= 4 is 26.8 Å². The van der Waals surface area contributed by atoms with Gasteiger partial charge in [-0.15, -0.1) is 0 Å². The first kappa shape index (κ1) is 19.5. The summed E-state index contributed by atoms with van der Waals surface area (Å²) >= 11 is 0. The van der Waals surface area contributed by atoms with Gasteiger partial charge in [0.25, 0.3) is 0 Å². The van der Waals surface area contributed by atoms with Crippen molar-refractivity contribution in [2.24, 2.45) is 5.41 Å². The summed E-state index contributed by atoms with van der Waals surface area (Å²) in [5.41, 5.74) is 2.73. The summed E-state index contributed by atoms with van der Waals surface area (Å²) in [5, 5.41) is 0. The maximum Gasteiger partial charge on any atom is 0.175 e. The molecule has 142 valence electrons. The highest BCUT2D eigenvalue weighted by atomic mass is 32.2. The van der Waals surface area contributed by atoms with Crippen LogP contribution in [0.15, 0.2) is 53.4 Å². The number of ketones is 1. The van der Waals surface area contributed by atoms with Gasteiger partial charge in [0, 0.05) is 23.7 Å². The van der Waals surface area contributed by atoms with Crippen LogP contribution in [0.5, 0.6) is 0 Å². The minimum absolute atomic E-state index is 0.0414. The summed E-state index contributed by atoms with van der Waals surface area (Å²) in [6.07, 6.45) is 3.33. The maximum absolute atomic E-state index is 13.4. The van der Waals surface area contributed by atoms with E-state index < -0.39 is 9.84 Å². The Bertz CT molecular complexity index is 1000. The van der Waals surface area contributed by atoms with Crippen molar-refractivity contribution in [2.45, 2.75) is 38.0 Å². The lowest BCUT2D eigenvalue weighted by atomic mass is 9.76. The minimum atomic E-state index is -3.29. The van der Waals surface area contributed by atoms with Crippen LogP contribution in [-0.2, 0) is 14.6 Å². The summed E-state index contributed by atoms with van der Waals surface area (Å²) in [4.78, 5) is 13.2. The molecule has 1 atom stereocenters. The highest BCUT2D eigenvalue weighted by molar-refractivity contribution is 7.90. The molecule has 0 saturated heterocycles. The first-order valence-electron chi connectivity index (χ1n) is 9.00. The number of hydrogen-bond donors (Lipinski definition) is 0. The fraction of sp³-hybridized carbons (Fsp3) is 0.318.